The van der Waals surface area contributed by atoms with Gasteiger partial charge in [0.1, 0.15) is 5.76 Å². The summed E-state index contributed by atoms with van der Waals surface area (Å²) < 4.78 is 13.1. The summed E-state index contributed by atoms with van der Waals surface area (Å²) in [5, 5.41) is 0. The molecule has 0 heterocycles. The van der Waals surface area contributed by atoms with Crippen molar-refractivity contribution in [1.29, 1.82) is 0 Å². The van der Waals surface area contributed by atoms with Crippen LogP contribution in [0.25, 0.3) is 0 Å². The van der Waals surface area contributed by atoms with E-state index in [0.717, 1.165) is 17.9 Å². The van der Waals surface area contributed by atoms with Crippen molar-refractivity contribution in [3.8, 4) is 0 Å². The Kier molecular flexibility index (Phi) is 10.9. The smallest absolute Gasteiger partial charge is 0.250 e. The van der Waals surface area contributed by atoms with E-state index in [1.807, 2.05) is 0 Å². The molecule has 0 atom stereocenters. The zero-order valence-electron chi connectivity index (χ0n) is 16.9. The van der Waals surface area contributed by atoms with Gasteiger partial charge in [0, 0.05) is 12.5 Å². The quantitative estimate of drug-likeness (QED) is 0.209. The summed E-state index contributed by atoms with van der Waals surface area (Å²) in [6.07, 6.45) is 5.22. The van der Waals surface area contributed by atoms with Crippen LogP contribution in [0.4, 0.5) is 0 Å². The van der Waals surface area contributed by atoms with Gasteiger partial charge in [-0.1, -0.05) is 48.5 Å². The van der Waals surface area contributed by atoms with Gasteiger partial charge in [-0.15, -0.1) is 0 Å². The molecule has 0 aliphatic rings. The van der Waals surface area contributed by atoms with Gasteiger partial charge in [0.2, 0.25) is 16.6 Å². The second-order valence-electron chi connectivity index (χ2n) is 6.35. The molecule has 23 heavy (non-hydrogen) atoms. The van der Waals surface area contributed by atoms with Crippen molar-refractivity contribution in [1.82, 2.24) is 0 Å². The summed E-state index contributed by atoms with van der Waals surface area (Å²) >= 11 is 0. The van der Waals surface area contributed by atoms with Gasteiger partial charge in [0.25, 0.3) is 0 Å². The minimum absolute atomic E-state index is 0.939. The van der Waals surface area contributed by atoms with Crippen LogP contribution in [0.5, 0.6) is 0 Å². The van der Waals surface area contributed by atoms with Crippen LogP contribution in [0, 0.1) is 0 Å². The Morgan fingerprint density at radius 2 is 1.09 bits per heavy atom. The summed E-state index contributed by atoms with van der Waals surface area (Å²) in [6.45, 7) is 17.9. The third-order valence-electron chi connectivity index (χ3n) is 5.48. The molecule has 0 aromatic heterocycles. The molecule has 0 bridgehead atoms. The summed E-state index contributed by atoms with van der Waals surface area (Å²) in [4.78, 5) is 0. The number of rotatable bonds is 12. The zero-order valence-corrected chi connectivity index (χ0v) is 18.9. The fraction of sp³-hybridized carbons (Fsp3) is 0.789. The van der Waals surface area contributed by atoms with E-state index in [1.165, 1.54) is 36.3 Å². The van der Waals surface area contributed by atoms with Gasteiger partial charge >= 0.3 is 0 Å². The third kappa shape index (κ3) is 6.50. The van der Waals surface area contributed by atoms with Gasteiger partial charge in [-0.05, 0) is 49.3 Å². The van der Waals surface area contributed by atoms with E-state index in [9.17, 15) is 0 Å². The Bertz CT molecular complexity index is 364. The van der Waals surface area contributed by atoms with E-state index in [0.29, 0.717) is 0 Å². The van der Waals surface area contributed by atoms with Crippen LogP contribution in [0.3, 0.4) is 0 Å². The maximum absolute atomic E-state index is 6.58. The highest BCUT2D eigenvalue weighted by Crippen LogP contribution is 2.29. The SMILES string of the molecule is C/C=C(/C=C(/CC)O[Si](CC)(CC)CC)O[Si](CC)(CC)CC. The fourth-order valence-corrected chi connectivity index (χ4v) is 8.30. The highest BCUT2D eigenvalue weighted by Gasteiger charge is 2.32. The molecule has 136 valence electrons. The van der Waals surface area contributed by atoms with Crippen molar-refractivity contribution in [2.24, 2.45) is 0 Å². The lowest BCUT2D eigenvalue weighted by atomic mass is 10.3. The summed E-state index contributed by atoms with van der Waals surface area (Å²) in [5.41, 5.74) is 0. The Morgan fingerprint density at radius 3 is 1.39 bits per heavy atom. The molecule has 2 nitrogen and oxygen atoms in total. The molecule has 0 unspecified atom stereocenters. The molecule has 4 heteroatoms. The fourth-order valence-electron chi connectivity index (χ4n) is 3.00. The topological polar surface area (TPSA) is 18.5 Å². The first kappa shape index (κ1) is 22.5. The lowest BCUT2D eigenvalue weighted by molar-refractivity contribution is 0.375. The Hall–Kier alpha value is -0.486. The van der Waals surface area contributed by atoms with Crippen LogP contribution in [0.2, 0.25) is 36.3 Å². The molecule has 0 aromatic carbocycles. The number of hydrogen-bond donors (Lipinski definition) is 0. The minimum Gasteiger partial charge on any atom is -0.546 e. The second-order valence-corrected chi connectivity index (χ2v) is 15.7. The van der Waals surface area contributed by atoms with Gasteiger partial charge in [-0.3, -0.25) is 0 Å². The molecular weight excluding hydrogens is 316 g/mol. The molecule has 0 N–H and O–H groups in total. The monoisotopic (exact) mass is 356 g/mol. The highest BCUT2D eigenvalue weighted by molar-refractivity contribution is 6.74. The van der Waals surface area contributed by atoms with E-state index in [1.54, 1.807) is 0 Å². The minimum atomic E-state index is -1.62. The van der Waals surface area contributed by atoms with E-state index in [2.05, 4.69) is 67.5 Å². The van der Waals surface area contributed by atoms with E-state index in [4.69, 9.17) is 8.85 Å². The van der Waals surface area contributed by atoms with Gasteiger partial charge in [-0.2, -0.15) is 0 Å². The van der Waals surface area contributed by atoms with Crippen LogP contribution in [0.1, 0.15) is 61.8 Å². The zero-order chi connectivity index (χ0) is 17.9. The molecule has 0 radical (unpaired) electrons. The van der Waals surface area contributed by atoms with Crippen LogP contribution in [-0.4, -0.2) is 16.6 Å². The molecule has 0 rings (SSSR count). The average molecular weight is 357 g/mol. The molecule has 0 saturated heterocycles. The predicted octanol–water partition coefficient (Wildman–Crippen LogP) is 7.23. The molecule has 0 spiro atoms. The highest BCUT2D eigenvalue weighted by atomic mass is 28.4. The van der Waals surface area contributed by atoms with Gasteiger partial charge in [-0.25, -0.2) is 0 Å². The first-order valence-corrected chi connectivity index (χ1v) is 14.7. The summed E-state index contributed by atoms with van der Waals surface area (Å²) in [6, 6.07) is 7.06. The van der Waals surface area contributed by atoms with Crippen molar-refractivity contribution in [2.45, 2.75) is 98.1 Å². The lowest BCUT2D eigenvalue weighted by Gasteiger charge is -2.32. The Labute approximate surface area is 147 Å². The molecule has 0 aromatic rings. The maximum atomic E-state index is 6.58. The maximum Gasteiger partial charge on any atom is 0.250 e. The largest absolute Gasteiger partial charge is 0.546 e. The second kappa shape index (κ2) is 11.1. The predicted molar refractivity (Wildman–Crippen MR) is 109 cm³/mol. The van der Waals surface area contributed by atoms with Crippen LogP contribution < -0.4 is 0 Å². The average Bonchev–Trinajstić information content (AvgIpc) is 2.62. The molecule has 0 amide bonds. The van der Waals surface area contributed by atoms with Gasteiger partial charge < -0.3 is 8.85 Å². The molecule has 0 fully saturated rings. The van der Waals surface area contributed by atoms with Crippen molar-refractivity contribution in [3.63, 3.8) is 0 Å². The first-order valence-electron chi connectivity index (χ1n) is 9.68. The van der Waals surface area contributed by atoms with Crippen molar-refractivity contribution in [2.75, 3.05) is 0 Å². The first-order chi connectivity index (χ1) is 10.9. The van der Waals surface area contributed by atoms with E-state index >= 15 is 0 Å². The molecule has 0 aliphatic carbocycles. The molecule has 0 saturated carbocycles. The lowest BCUT2D eigenvalue weighted by Crippen LogP contribution is -2.36. The standard InChI is InChI=1S/C19H40O2Si2/c1-9-18(20-22(11-3,12-4)13-5)17-19(10-2)21-23(14-6,15-7)16-8/h9,17H,10-16H2,1-8H3/b18-9-,19-17-. The van der Waals surface area contributed by atoms with Crippen LogP contribution in [-0.2, 0) is 8.85 Å². The summed E-state index contributed by atoms with van der Waals surface area (Å²) in [5.74, 6) is 2.13. The van der Waals surface area contributed by atoms with Crippen LogP contribution >= 0.6 is 0 Å². The van der Waals surface area contributed by atoms with Gasteiger partial charge in [0.15, 0.2) is 0 Å². The summed E-state index contributed by atoms with van der Waals surface area (Å²) in [7, 11) is -3.23. The Balaban J connectivity index is 5.34. The normalized spacial score (nSPS) is 14.1. The van der Waals surface area contributed by atoms with Crippen molar-refractivity contribution in [3.05, 3.63) is 23.7 Å². The third-order valence-corrected chi connectivity index (χ3v) is 14.6. The van der Waals surface area contributed by atoms with E-state index in [-0.39, 0.29) is 0 Å². The number of allylic oxidation sites excluding steroid dienone is 3. The van der Waals surface area contributed by atoms with Crippen molar-refractivity contribution >= 4 is 16.6 Å². The molecule has 0 aliphatic heterocycles. The Morgan fingerprint density at radius 1 is 0.696 bits per heavy atom. The van der Waals surface area contributed by atoms with Gasteiger partial charge in [0.05, 0.1) is 5.76 Å². The molecular formula is C19H40O2Si2. The number of hydrogen-bond acceptors (Lipinski definition) is 2. The van der Waals surface area contributed by atoms with E-state index < -0.39 is 16.6 Å². The van der Waals surface area contributed by atoms with Crippen molar-refractivity contribution < 1.29 is 8.85 Å². The van der Waals surface area contributed by atoms with Crippen LogP contribution in [0.15, 0.2) is 23.7 Å².